The van der Waals surface area contributed by atoms with Crippen molar-refractivity contribution in [1.82, 2.24) is 4.98 Å². The summed E-state index contributed by atoms with van der Waals surface area (Å²) in [6, 6.07) is 5.73. The van der Waals surface area contributed by atoms with Crippen molar-refractivity contribution in [2.75, 3.05) is 0 Å². The first-order valence-electron chi connectivity index (χ1n) is 10.8. The van der Waals surface area contributed by atoms with Gasteiger partial charge in [-0.1, -0.05) is 12.6 Å². The third kappa shape index (κ3) is 4.28. The van der Waals surface area contributed by atoms with Crippen molar-refractivity contribution < 1.29 is 21.3 Å². The molecule has 4 aliphatic carbocycles. The van der Waals surface area contributed by atoms with Gasteiger partial charge in [0.25, 0.3) is 0 Å². The van der Waals surface area contributed by atoms with E-state index >= 15 is 0 Å². The Morgan fingerprint density at radius 3 is 1.89 bits per heavy atom. The van der Waals surface area contributed by atoms with Crippen LogP contribution in [0.2, 0.25) is 7.25 Å². The fourth-order valence-electron chi connectivity index (χ4n) is 5.04. The van der Waals surface area contributed by atoms with Gasteiger partial charge in [0.05, 0.1) is 5.69 Å². The second-order valence-corrected chi connectivity index (χ2v) is 14.1. The molecule has 0 saturated heterocycles. The maximum atomic E-state index is 4.81. The molecule has 0 aliphatic heterocycles. The van der Waals surface area contributed by atoms with Crippen LogP contribution in [0, 0.1) is 0 Å². The summed E-state index contributed by atoms with van der Waals surface area (Å²) < 4.78 is 6.44. The molecule has 0 amide bonds. The quantitative estimate of drug-likeness (QED) is 0.476. The predicted molar refractivity (Wildman–Crippen MR) is 118 cm³/mol. The number of hydrogen-bond donors (Lipinski definition) is 0. The standard InChI is InChI=1S/2C9H11.C7H7N.CH2.Zr/c2*1-2-5-9-7-3-6-8(9)4-1;1-2-7-5-3-4-6-8-7;;/h2*3,6-7H,1-2,4-5H2;2-6H,1H2;1H2;. The molecule has 1 nitrogen and oxygen atoms in total. The van der Waals surface area contributed by atoms with Crippen LogP contribution in [-0.4, -0.2) is 9.20 Å². The SMILES string of the molecule is C=Cc1ccccn1.[CH2]=[Zr]([CH]1C=CC2=C1CCCC2)[CH]1C=CC2=C1CCCC2. The third-order valence-electron chi connectivity index (χ3n) is 6.54. The molecule has 28 heavy (non-hydrogen) atoms. The van der Waals surface area contributed by atoms with Crippen molar-refractivity contribution >= 4 is 10.3 Å². The number of allylic oxidation sites excluding steroid dienone is 8. The average Bonchev–Trinajstić information content (AvgIpc) is 3.39. The minimum absolute atomic E-state index is 0.816. The first-order chi connectivity index (χ1) is 13.8. The topological polar surface area (TPSA) is 12.9 Å². The summed E-state index contributed by atoms with van der Waals surface area (Å²) in [4.78, 5) is 3.98. The summed E-state index contributed by atoms with van der Waals surface area (Å²) in [5, 5.41) is 0. The van der Waals surface area contributed by atoms with Gasteiger partial charge in [-0.25, -0.2) is 0 Å². The van der Waals surface area contributed by atoms with Crippen molar-refractivity contribution in [2.45, 2.75) is 58.6 Å². The minimum atomic E-state index is -1.68. The van der Waals surface area contributed by atoms with Crippen molar-refractivity contribution in [3.63, 3.8) is 0 Å². The van der Waals surface area contributed by atoms with E-state index in [-0.39, 0.29) is 0 Å². The van der Waals surface area contributed by atoms with Gasteiger partial charge in [0.15, 0.2) is 0 Å². The molecule has 144 valence electrons. The molecular weight excluding hydrogens is 418 g/mol. The van der Waals surface area contributed by atoms with Gasteiger partial charge in [-0.05, 0) is 18.2 Å². The molecule has 1 heterocycles. The molecule has 0 bridgehead atoms. The van der Waals surface area contributed by atoms with Crippen LogP contribution in [0.4, 0.5) is 0 Å². The van der Waals surface area contributed by atoms with E-state index in [1.807, 2.05) is 29.3 Å². The monoisotopic (exact) mass is 447 g/mol. The Hall–Kier alpha value is -1.40. The Kier molecular flexibility index (Phi) is 6.68. The first kappa shape index (κ1) is 19.9. The molecule has 0 saturated carbocycles. The molecule has 0 spiro atoms. The Morgan fingerprint density at radius 2 is 1.43 bits per heavy atom. The van der Waals surface area contributed by atoms with Gasteiger partial charge in [-0.15, -0.1) is 0 Å². The van der Waals surface area contributed by atoms with Gasteiger partial charge >= 0.3 is 131 Å². The zero-order valence-corrected chi connectivity index (χ0v) is 19.3. The van der Waals surface area contributed by atoms with Gasteiger partial charge in [0.2, 0.25) is 0 Å². The molecule has 1 aromatic heterocycles. The van der Waals surface area contributed by atoms with Crippen LogP contribution in [0.15, 0.2) is 77.6 Å². The van der Waals surface area contributed by atoms with Crippen molar-refractivity contribution in [1.29, 1.82) is 0 Å². The molecule has 0 radical (unpaired) electrons. The van der Waals surface area contributed by atoms with Gasteiger partial charge in [-0.2, -0.15) is 0 Å². The fourth-order valence-corrected chi connectivity index (χ4v) is 11.5. The number of rotatable bonds is 3. The number of hydrogen-bond acceptors (Lipinski definition) is 1. The Bertz CT molecular complexity index is 819. The van der Waals surface area contributed by atoms with Gasteiger partial charge in [0.1, 0.15) is 0 Å². The van der Waals surface area contributed by atoms with Crippen LogP contribution in [0.5, 0.6) is 0 Å². The van der Waals surface area contributed by atoms with Crippen molar-refractivity contribution in [3.05, 3.63) is 83.3 Å². The molecule has 5 rings (SSSR count). The summed E-state index contributed by atoms with van der Waals surface area (Å²) in [5.74, 6) is 0. The van der Waals surface area contributed by atoms with Gasteiger partial charge in [-0.3, -0.25) is 4.98 Å². The second kappa shape index (κ2) is 9.40. The molecule has 1 aromatic rings. The zero-order chi connectivity index (χ0) is 19.3. The molecule has 2 atom stereocenters. The molecule has 0 aromatic carbocycles. The molecule has 0 fully saturated rings. The molecule has 0 N–H and O–H groups in total. The molecule has 2 unspecified atom stereocenters. The van der Waals surface area contributed by atoms with Crippen LogP contribution < -0.4 is 0 Å². The summed E-state index contributed by atoms with van der Waals surface area (Å²) in [6.07, 6.45) is 24.6. The second-order valence-electron chi connectivity index (χ2n) is 8.22. The Morgan fingerprint density at radius 1 is 0.857 bits per heavy atom. The number of aromatic nitrogens is 1. The van der Waals surface area contributed by atoms with E-state index in [1.165, 1.54) is 51.4 Å². The normalized spacial score (nSPS) is 25.1. The molecule has 4 aliphatic rings. The van der Waals surface area contributed by atoms with Gasteiger partial charge in [0, 0.05) is 6.20 Å². The zero-order valence-electron chi connectivity index (χ0n) is 16.9. The summed E-state index contributed by atoms with van der Waals surface area (Å²) in [5.41, 5.74) is 7.95. The first-order valence-corrected chi connectivity index (χ1v) is 15.4. The summed E-state index contributed by atoms with van der Waals surface area (Å²) in [6.45, 7) is 3.57. The Labute approximate surface area is 177 Å². The van der Waals surface area contributed by atoms with E-state index in [1.54, 1.807) is 23.4 Å². The van der Waals surface area contributed by atoms with Crippen LogP contribution in [0.1, 0.15) is 57.1 Å². The number of nitrogens with zero attached hydrogens (tertiary/aromatic N) is 1. The van der Waals surface area contributed by atoms with E-state index in [2.05, 4.69) is 35.9 Å². The molecular formula is C26H31NZr. The molecule has 2 heteroatoms. The average molecular weight is 449 g/mol. The maximum absolute atomic E-state index is 4.81. The van der Waals surface area contributed by atoms with Crippen LogP contribution in [-0.2, 0) is 21.3 Å². The summed E-state index contributed by atoms with van der Waals surface area (Å²) >= 11 is -1.68. The van der Waals surface area contributed by atoms with E-state index in [9.17, 15) is 0 Å². The predicted octanol–water partition coefficient (Wildman–Crippen LogP) is 7.22. The number of pyridine rings is 1. The van der Waals surface area contributed by atoms with E-state index in [0.29, 0.717) is 0 Å². The Balaban J connectivity index is 0.000000203. The van der Waals surface area contributed by atoms with E-state index < -0.39 is 21.3 Å². The van der Waals surface area contributed by atoms with Crippen LogP contribution in [0.3, 0.4) is 0 Å². The fraction of sp³-hybridized carbons (Fsp3) is 0.385. The summed E-state index contributed by atoms with van der Waals surface area (Å²) in [7, 11) is 0. The van der Waals surface area contributed by atoms with E-state index in [4.69, 9.17) is 4.21 Å². The third-order valence-corrected chi connectivity index (χ3v) is 13.1. The van der Waals surface area contributed by atoms with Gasteiger partial charge < -0.3 is 0 Å². The van der Waals surface area contributed by atoms with Crippen LogP contribution >= 0.6 is 0 Å². The van der Waals surface area contributed by atoms with Crippen molar-refractivity contribution in [3.8, 4) is 0 Å². The van der Waals surface area contributed by atoms with E-state index in [0.717, 1.165) is 12.9 Å². The van der Waals surface area contributed by atoms with Crippen LogP contribution in [0.25, 0.3) is 6.08 Å². The van der Waals surface area contributed by atoms with Crippen molar-refractivity contribution in [2.24, 2.45) is 0 Å².